The third-order valence-electron chi connectivity index (χ3n) is 3.84. The van der Waals surface area contributed by atoms with Crippen molar-refractivity contribution in [2.45, 2.75) is 25.1 Å². The van der Waals surface area contributed by atoms with E-state index in [1.54, 1.807) is 18.9 Å². The van der Waals surface area contributed by atoms with Gasteiger partial charge in [-0.25, -0.2) is 0 Å². The van der Waals surface area contributed by atoms with E-state index in [-0.39, 0.29) is 6.10 Å². The van der Waals surface area contributed by atoms with Crippen molar-refractivity contribution in [3.8, 4) is 22.8 Å². The van der Waals surface area contributed by atoms with Crippen molar-refractivity contribution in [1.29, 1.82) is 0 Å². The van der Waals surface area contributed by atoms with Gasteiger partial charge in [0.15, 0.2) is 11.0 Å². The van der Waals surface area contributed by atoms with Crippen LogP contribution in [0.3, 0.4) is 0 Å². The molecule has 0 N–H and O–H groups in total. The summed E-state index contributed by atoms with van der Waals surface area (Å²) in [5.41, 5.74) is 1.79. The van der Waals surface area contributed by atoms with Gasteiger partial charge in [0.2, 0.25) is 0 Å². The Morgan fingerprint density at radius 1 is 1.07 bits per heavy atom. The first-order valence-electron chi connectivity index (χ1n) is 8.69. The number of ether oxygens (including phenoxy) is 2. The van der Waals surface area contributed by atoms with E-state index in [9.17, 15) is 0 Å². The summed E-state index contributed by atoms with van der Waals surface area (Å²) in [6, 6.07) is 15.4. The Labute approximate surface area is 168 Å². The monoisotopic (exact) mass is 403 g/mol. The second-order valence-corrected chi connectivity index (χ2v) is 7.56. The van der Waals surface area contributed by atoms with E-state index in [2.05, 4.69) is 10.2 Å². The van der Waals surface area contributed by atoms with Gasteiger partial charge in [0, 0.05) is 17.0 Å². The van der Waals surface area contributed by atoms with E-state index in [1.807, 2.05) is 66.9 Å². The van der Waals surface area contributed by atoms with Crippen LogP contribution in [0.15, 0.2) is 53.7 Å². The molecule has 0 spiro atoms. The number of thioether (sulfide) groups is 1. The summed E-state index contributed by atoms with van der Waals surface area (Å²) >= 11 is 8.01. The third-order valence-corrected chi connectivity index (χ3v) is 5.07. The largest absolute Gasteiger partial charge is 0.497 e. The Kier molecular flexibility index (Phi) is 6.77. The molecular weight excluding hydrogens is 382 g/mol. The lowest BCUT2D eigenvalue weighted by atomic mass is 10.2. The van der Waals surface area contributed by atoms with Crippen LogP contribution in [0.1, 0.15) is 13.8 Å². The van der Waals surface area contributed by atoms with Gasteiger partial charge < -0.3 is 9.47 Å². The molecule has 0 aliphatic heterocycles. The summed E-state index contributed by atoms with van der Waals surface area (Å²) in [5.74, 6) is 2.29. The molecule has 0 saturated heterocycles. The van der Waals surface area contributed by atoms with E-state index in [1.165, 1.54) is 0 Å². The highest BCUT2D eigenvalue weighted by molar-refractivity contribution is 7.99. The van der Waals surface area contributed by atoms with Gasteiger partial charge in [-0.2, -0.15) is 0 Å². The average Bonchev–Trinajstić information content (AvgIpc) is 3.09. The first-order chi connectivity index (χ1) is 13.1. The second kappa shape index (κ2) is 9.26. The van der Waals surface area contributed by atoms with Crippen LogP contribution in [-0.4, -0.2) is 40.3 Å². The lowest BCUT2D eigenvalue weighted by molar-refractivity contribution is 0.0920. The molecule has 0 saturated carbocycles. The summed E-state index contributed by atoms with van der Waals surface area (Å²) < 4.78 is 12.9. The summed E-state index contributed by atoms with van der Waals surface area (Å²) in [7, 11) is 1.65. The molecule has 0 bridgehead atoms. The van der Waals surface area contributed by atoms with Gasteiger partial charge in [0.05, 0.1) is 24.8 Å². The quantitative estimate of drug-likeness (QED) is 0.386. The molecule has 2 aromatic carbocycles. The molecule has 5 nitrogen and oxygen atoms in total. The number of benzene rings is 2. The SMILES string of the molecule is COc1ccc(-n2c(SCCOC(C)C)nnc2-c2ccccc2Cl)cc1. The van der Waals surface area contributed by atoms with Crippen molar-refractivity contribution in [2.75, 3.05) is 19.5 Å². The standard InChI is InChI=1S/C20H22ClN3O2S/c1-14(2)26-12-13-27-20-23-22-19(17-6-4-5-7-18(17)21)24(20)15-8-10-16(25-3)11-9-15/h4-11,14H,12-13H2,1-3H3. The Bertz CT molecular complexity index is 881. The predicted octanol–water partition coefficient (Wildman–Crippen LogP) is 5.11. The molecule has 0 amide bonds. The minimum Gasteiger partial charge on any atom is -0.497 e. The van der Waals surface area contributed by atoms with Crippen LogP contribution in [0.5, 0.6) is 5.75 Å². The van der Waals surface area contributed by atoms with E-state index in [0.717, 1.165) is 27.9 Å². The highest BCUT2D eigenvalue weighted by atomic mass is 35.5. The number of aromatic nitrogens is 3. The van der Waals surface area contributed by atoms with Gasteiger partial charge in [0.1, 0.15) is 5.75 Å². The molecule has 142 valence electrons. The molecule has 0 aliphatic rings. The minimum absolute atomic E-state index is 0.212. The van der Waals surface area contributed by atoms with Crippen LogP contribution in [0, 0.1) is 0 Å². The zero-order valence-corrected chi connectivity index (χ0v) is 17.1. The van der Waals surface area contributed by atoms with Crippen molar-refractivity contribution < 1.29 is 9.47 Å². The van der Waals surface area contributed by atoms with E-state index < -0.39 is 0 Å². The highest BCUT2D eigenvalue weighted by Gasteiger charge is 2.18. The van der Waals surface area contributed by atoms with Crippen LogP contribution in [0.4, 0.5) is 0 Å². The zero-order chi connectivity index (χ0) is 19.2. The molecule has 3 rings (SSSR count). The van der Waals surface area contributed by atoms with Crippen molar-refractivity contribution >= 4 is 23.4 Å². The lowest BCUT2D eigenvalue weighted by Gasteiger charge is -2.12. The van der Waals surface area contributed by atoms with Gasteiger partial charge in [0.25, 0.3) is 0 Å². The fraction of sp³-hybridized carbons (Fsp3) is 0.300. The predicted molar refractivity (Wildman–Crippen MR) is 110 cm³/mol. The molecule has 3 aromatic rings. The molecule has 0 radical (unpaired) electrons. The number of hydrogen-bond donors (Lipinski definition) is 0. The van der Waals surface area contributed by atoms with Gasteiger partial charge in [-0.1, -0.05) is 35.5 Å². The van der Waals surface area contributed by atoms with E-state index in [4.69, 9.17) is 21.1 Å². The van der Waals surface area contributed by atoms with Crippen molar-refractivity contribution in [2.24, 2.45) is 0 Å². The van der Waals surface area contributed by atoms with Crippen LogP contribution >= 0.6 is 23.4 Å². The number of nitrogens with zero attached hydrogens (tertiary/aromatic N) is 3. The Morgan fingerprint density at radius 2 is 1.81 bits per heavy atom. The number of halogens is 1. The molecule has 7 heteroatoms. The third kappa shape index (κ3) is 4.83. The lowest BCUT2D eigenvalue weighted by Crippen LogP contribution is -2.06. The second-order valence-electron chi connectivity index (χ2n) is 6.09. The Balaban J connectivity index is 1.97. The molecule has 0 aliphatic carbocycles. The number of hydrogen-bond acceptors (Lipinski definition) is 5. The normalized spacial score (nSPS) is 11.1. The molecule has 0 fully saturated rings. The minimum atomic E-state index is 0.212. The maximum atomic E-state index is 6.41. The van der Waals surface area contributed by atoms with Gasteiger partial charge in [-0.05, 0) is 50.2 Å². The summed E-state index contributed by atoms with van der Waals surface area (Å²) in [6.07, 6.45) is 0.212. The summed E-state index contributed by atoms with van der Waals surface area (Å²) in [6.45, 7) is 4.71. The van der Waals surface area contributed by atoms with E-state index >= 15 is 0 Å². The zero-order valence-electron chi connectivity index (χ0n) is 15.6. The van der Waals surface area contributed by atoms with Crippen LogP contribution in [0.25, 0.3) is 17.1 Å². The molecule has 0 unspecified atom stereocenters. The first-order valence-corrected chi connectivity index (χ1v) is 10.1. The average molecular weight is 404 g/mol. The number of rotatable bonds is 8. The van der Waals surface area contributed by atoms with Gasteiger partial charge in [-0.3, -0.25) is 4.57 Å². The Hall–Kier alpha value is -2.02. The molecule has 0 atom stereocenters. The Morgan fingerprint density at radius 3 is 2.48 bits per heavy atom. The summed E-state index contributed by atoms with van der Waals surface area (Å²) in [5, 5.41) is 10.2. The van der Waals surface area contributed by atoms with Crippen LogP contribution in [0.2, 0.25) is 5.02 Å². The maximum absolute atomic E-state index is 6.41. The van der Waals surface area contributed by atoms with Crippen LogP contribution in [-0.2, 0) is 4.74 Å². The first kappa shape index (κ1) is 19.7. The van der Waals surface area contributed by atoms with Crippen molar-refractivity contribution in [3.05, 3.63) is 53.6 Å². The van der Waals surface area contributed by atoms with E-state index in [0.29, 0.717) is 17.5 Å². The molecule has 1 heterocycles. The van der Waals surface area contributed by atoms with Crippen molar-refractivity contribution in [3.63, 3.8) is 0 Å². The maximum Gasteiger partial charge on any atom is 0.196 e. The van der Waals surface area contributed by atoms with Crippen LogP contribution < -0.4 is 4.74 Å². The van der Waals surface area contributed by atoms with Gasteiger partial charge >= 0.3 is 0 Å². The van der Waals surface area contributed by atoms with Crippen molar-refractivity contribution in [1.82, 2.24) is 14.8 Å². The fourth-order valence-corrected chi connectivity index (χ4v) is 3.56. The molecule has 1 aromatic heterocycles. The topological polar surface area (TPSA) is 49.2 Å². The molecular formula is C20H22ClN3O2S. The smallest absolute Gasteiger partial charge is 0.196 e. The molecule has 27 heavy (non-hydrogen) atoms. The fourth-order valence-electron chi connectivity index (χ4n) is 2.56. The summed E-state index contributed by atoms with van der Waals surface area (Å²) in [4.78, 5) is 0. The van der Waals surface area contributed by atoms with Gasteiger partial charge in [-0.15, -0.1) is 10.2 Å². The highest BCUT2D eigenvalue weighted by Crippen LogP contribution is 2.32. The number of methoxy groups -OCH3 is 1.